The lowest BCUT2D eigenvalue weighted by Crippen LogP contribution is -2.56. The highest BCUT2D eigenvalue weighted by Gasteiger charge is 2.34. The molecule has 30 heavy (non-hydrogen) atoms. The molecule has 0 saturated carbocycles. The first-order valence-corrected chi connectivity index (χ1v) is 11.0. The van der Waals surface area contributed by atoms with E-state index in [9.17, 15) is 9.59 Å². The van der Waals surface area contributed by atoms with Crippen molar-refractivity contribution in [3.05, 3.63) is 71.3 Å². The van der Waals surface area contributed by atoms with E-state index in [0.29, 0.717) is 19.0 Å². The molecule has 0 radical (unpaired) electrons. The maximum atomic E-state index is 13.0. The molecule has 0 aliphatic carbocycles. The Morgan fingerprint density at radius 3 is 2.40 bits per heavy atom. The van der Waals surface area contributed by atoms with E-state index in [4.69, 9.17) is 0 Å². The molecule has 2 amide bonds. The minimum absolute atomic E-state index is 0.0270. The van der Waals surface area contributed by atoms with Gasteiger partial charge >= 0.3 is 0 Å². The lowest BCUT2D eigenvalue weighted by atomic mass is 9.89. The highest BCUT2D eigenvalue weighted by Crippen LogP contribution is 2.28. The largest absolute Gasteiger partial charge is 0.353 e. The molecule has 0 aromatic heterocycles. The third kappa shape index (κ3) is 4.90. The quantitative estimate of drug-likeness (QED) is 0.832. The van der Waals surface area contributed by atoms with Crippen LogP contribution in [0.15, 0.2) is 54.6 Å². The minimum Gasteiger partial charge on any atom is -0.353 e. The number of piperidine rings is 1. The summed E-state index contributed by atoms with van der Waals surface area (Å²) in [4.78, 5) is 29.7. The Balaban J connectivity index is 1.35. The molecular weight excluding hydrogens is 374 g/mol. The maximum Gasteiger partial charge on any atom is 0.237 e. The molecule has 5 heteroatoms. The first kappa shape index (κ1) is 20.6. The molecule has 1 atom stereocenters. The summed E-state index contributed by atoms with van der Waals surface area (Å²) in [6.45, 7) is 5.71. The van der Waals surface area contributed by atoms with E-state index in [1.165, 1.54) is 16.7 Å². The number of nitrogens with zero attached hydrogens (tertiary/aromatic N) is 2. The molecule has 2 aromatic carbocycles. The molecule has 2 heterocycles. The monoisotopic (exact) mass is 405 g/mol. The zero-order valence-electron chi connectivity index (χ0n) is 17.7. The Morgan fingerprint density at radius 2 is 1.70 bits per heavy atom. The number of carbonyl (C=O) groups excluding carboxylic acids is 2. The first-order chi connectivity index (χ1) is 14.6. The second-order valence-electron chi connectivity index (χ2n) is 8.53. The Hall–Kier alpha value is -2.66. The van der Waals surface area contributed by atoms with Crippen LogP contribution in [0.2, 0.25) is 0 Å². The number of nitrogens with one attached hydrogen (secondary N) is 1. The number of benzene rings is 2. The normalized spacial score (nSPS) is 20.8. The lowest BCUT2D eigenvalue weighted by molar-refractivity contribution is -0.139. The zero-order chi connectivity index (χ0) is 20.9. The van der Waals surface area contributed by atoms with Crippen LogP contribution in [0.25, 0.3) is 0 Å². The number of hydrogen-bond donors (Lipinski definition) is 1. The van der Waals surface area contributed by atoms with Gasteiger partial charge in [-0.15, -0.1) is 0 Å². The Labute approximate surface area is 179 Å². The summed E-state index contributed by atoms with van der Waals surface area (Å²) < 4.78 is 0. The summed E-state index contributed by atoms with van der Waals surface area (Å²) in [6, 6.07) is 18.6. The van der Waals surface area contributed by atoms with Gasteiger partial charge in [0.2, 0.25) is 11.8 Å². The van der Waals surface area contributed by atoms with Gasteiger partial charge < -0.3 is 10.2 Å². The molecule has 2 aliphatic heterocycles. The van der Waals surface area contributed by atoms with Gasteiger partial charge in [0.25, 0.3) is 0 Å². The number of carbonyl (C=O) groups is 2. The van der Waals surface area contributed by atoms with Gasteiger partial charge in [-0.1, -0.05) is 60.2 Å². The van der Waals surface area contributed by atoms with Crippen molar-refractivity contribution < 1.29 is 9.59 Å². The van der Waals surface area contributed by atoms with Crippen molar-refractivity contribution in [2.75, 3.05) is 26.2 Å². The van der Waals surface area contributed by atoms with Crippen LogP contribution in [0.1, 0.15) is 41.9 Å². The Bertz CT molecular complexity index is 858. The van der Waals surface area contributed by atoms with Crippen molar-refractivity contribution in [3.8, 4) is 0 Å². The highest BCUT2D eigenvalue weighted by atomic mass is 16.2. The fourth-order valence-corrected chi connectivity index (χ4v) is 4.58. The molecular formula is C25H31N3O2. The van der Waals surface area contributed by atoms with E-state index in [0.717, 1.165) is 32.5 Å². The van der Waals surface area contributed by atoms with Gasteiger partial charge in [-0.05, 0) is 36.8 Å². The number of piperazine rings is 1. The molecule has 2 fully saturated rings. The van der Waals surface area contributed by atoms with Crippen molar-refractivity contribution in [1.29, 1.82) is 0 Å². The number of hydrogen-bond acceptors (Lipinski definition) is 3. The third-order valence-electron chi connectivity index (χ3n) is 6.43. The summed E-state index contributed by atoms with van der Waals surface area (Å²) >= 11 is 0. The fourth-order valence-electron chi connectivity index (χ4n) is 4.58. The SMILES string of the molecule is Cc1ccc(CN2CCNC(=O)[C@@H]2CC(=O)N2CCC(c3ccccc3)CC2)cc1. The van der Waals surface area contributed by atoms with E-state index in [1.807, 2.05) is 11.0 Å². The van der Waals surface area contributed by atoms with Crippen LogP contribution in [0.3, 0.4) is 0 Å². The third-order valence-corrected chi connectivity index (χ3v) is 6.43. The number of amides is 2. The van der Waals surface area contributed by atoms with Crippen molar-refractivity contribution >= 4 is 11.8 Å². The number of aryl methyl sites for hydroxylation is 1. The predicted octanol–water partition coefficient (Wildman–Crippen LogP) is 3.09. The van der Waals surface area contributed by atoms with Crippen LogP contribution in [0, 0.1) is 6.92 Å². The number of rotatable bonds is 5. The Morgan fingerprint density at radius 1 is 1.00 bits per heavy atom. The molecule has 2 aromatic rings. The van der Waals surface area contributed by atoms with E-state index in [1.54, 1.807) is 0 Å². The van der Waals surface area contributed by atoms with Gasteiger partial charge in [0.15, 0.2) is 0 Å². The highest BCUT2D eigenvalue weighted by molar-refractivity contribution is 5.88. The second-order valence-corrected chi connectivity index (χ2v) is 8.53. The minimum atomic E-state index is -0.389. The first-order valence-electron chi connectivity index (χ1n) is 11.0. The summed E-state index contributed by atoms with van der Waals surface area (Å²) in [5.41, 5.74) is 3.76. The summed E-state index contributed by atoms with van der Waals surface area (Å²) in [7, 11) is 0. The smallest absolute Gasteiger partial charge is 0.237 e. The van der Waals surface area contributed by atoms with Gasteiger partial charge in [-0.2, -0.15) is 0 Å². The molecule has 5 nitrogen and oxygen atoms in total. The number of likely N-dealkylation sites (tertiary alicyclic amines) is 1. The standard InChI is InChI=1S/C25H31N3O2/c1-19-7-9-20(10-8-19)18-28-16-13-26-25(30)23(28)17-24(29)27-14-11-22(12-15-27)21-5-3-2-4-6-21/h2-10,22-23H,11-18H2,1H3,(H,26,30)/t23-/m0/s1. The van der Waals surface area contributed by atoms with Crippen molar-refractivity contribution in [1.82, 2.24) is 15.1 Å². The molecule has 0 spiro atoms. The van der Waals surface area contributed by atoms with Crippen LogP contribution < -0.4 is 5.32 Å². The van der Waals surface area contributed by atoms with Crippen LogP contribution in [0.4, 0.5) is 0 Å². The molecule has 2 aliphatic rings. The van der Waals surface area contributed by atoms with Gasteiger partial charge in [0, 0.05) is 32.7 Å². The van der Waals surface area contributed by atoms with Gasteiger partial charge in [0.05, 0.1) is 12.5 Å². The second kappa shape index (κ2) is 9.43. The van der Waals surface area contributed by atoms with E-state index in [2.05, 4.69) is 65.7 Å². The Kier molecular flexibility index (Phi) is 6.48. The zero-order valence-corrected chi connectivity index (χ0v) is 17.7. The van der Waals surface area contributed by atoms with Crippen molar-refractivity contribution in [2.24, 2.45) is 0 Å². The summed E-state index contributed by atoms with van der Waals surface area (Å²) in [6.07, 6.45) is 2.23. The van der Waals surface area contributed by atoms with E-state index >= 15 is 0 Å². The molecule has 1 N–H and O–H groups in total. The molecule has 158 valence electrons. The average Bonchev–Trinajstić information content (AvgIpc) is 2.78. The molecule has 4 rings (SSSR count). The molecule has 2 saturated heterocycles. The van der Waals surface area contributed by atoms with Crippen LogP contribution in [-0.4, -0.2) is 53.8 Å². The molecule has 0 bridgehead atoms. The van der Waals surface area contributed by atoms with Crippen molar-refractivity contribution in [2.45, 2.75) is 44.7 Å². The maximum absolute atomic E-state index is 13.0. The lowest BCUT2D eigenvalue weighted by Gasteiger charge is -2.37. The van der Waals surface area contributed by atoms with Gasteiger partial charge in [-0.3, -0.25) is 14.5 Å². The summed E-state index contributed by atoms with van der Waals surface area (Å²) in [5, 5.41) is 2.94. The van der Waals surface area contributed by atoms with Gasteiger partial charge in [0.1, 0.15) is 0 Å². The van der Waals surface area contributed by atoms with Crippen molar-refractivity contribution in [3.63, 3.8) is 0 Å². The van der Waals surface area contributed by atoms with Crippen LogP contribution in [-0.2, 0) is 16.1 Å². The van der Waals surface area contributed by atoms with Crippen LogP contribution in [0.5, 0.6) is 0 Å². The topological polar surface area (TPSA) is 52.7 Å². The fraction of sp³-hybridized carbons (Fsp3) is 0.440. The summed E-state index contributed by atoms with van der Waals surface area (Å²) in [5.74, 6) is 0.588. The van der Waals surface area contributed by atoms with Gasteiger partial charge in [-0.25, -0.2) is 0 Å². The molecule has 0 unspecified atom stereocenters. The van der Waals surface area contributed by atoms with Crippen LogP contribution >= 0.6 is 0 Å². The van der Waals surface area contributed by atoms with E-state index < -0.39 is 0 Å². The predicted molar refractivity (Wildman–Crippen MR) is 118 cm³/mol. The van der Waals surface area contributed by atoms with E-state index in [-0.39, 0.29) is 24.3 Å². The average molecular weight is 406 g/mol.